The molecule has 0 aliphatic heterocycles. The number of ether oxygens (including phenoxy) is 1. The zero-order valence-corrected chi connectivity index (χ0v) is 18.6. The van der Waals surface area contributed by atoms with Gasteiger partial charge in [-0.3, -0.25) is 4.98 Å². The molecular weight excluding hydrogens is 410 g/mol. The average molecular weight is 438 g/mol. The van der Waals surface area contributed by atoms with Crippen LogP contribution in [0.25, 0.3) is 10.9 Å². The molecular formula is C28H27N3O2. The van der Waals surface area contributed by atoms with Crippen molar-refractivity contribution in [1.29, 1.82) is 0 Å². The highest BCUT2D eigenvalue weighted by Crippen LogP contribution is 2.36. The van der Waals surface area contributed by atoms with Crippen LogP contribution in [-0.4, -0.2) is 24.2 Å². The summed E-state index contributed by atoms with van der Waals surface area (Å²) in [5.41, 5.74) is 5.44. The van der Waals surface area contributed by atoms with E-state index in [0.717, 1.165) is 35.9 Å². The summed E-state index contributed by atoms with van der Waals surface area (Å²) < 4.78 is 5.44. The molecule has 2 unspecified atom stereocenters. The number of rotatable bonds is 5. The fraction of sp³-hybridized carbons (Fsp3) is 0.214. The second kappa shape index (κ2) is 9.33. The van der Waals surface area contributed by atoms with Gasteiger partial charge in [0.1, 0.15) is 5.75 Å². The SMILES string of the molecule is COc1ccc2c(c1)CCC(NC(=O)Nc1cnc3ccccc3c1)C2Cc1ccccc1. The van der Waals surface area contributed by atoms with Gasteiger partial charge in [-0.25, -0.2) is 4.79 Å². The molecule has 0 bridgehead atoms. The molecule has 0 radical (unpaired) electrons. The predicted octanol–water partition coefficient (Wildman–Crippen LogP) is 5.71. The van der Waals surface area contributed by atoms with Gasteiger partial charge in [-0.1, -0.05) is 54.6 Å². The Morgan fingerprint density at radius 1 is 1.03 bits per heavy atom. The van der Waals surface area contributed by atoms with Crippen molar-refractivity contribution in [3.05, 3.63) is 102 Å². The first kappa shape index (κ1) is 21.0. The third kappa shape index (κ3) is 4.67. The van der Waals surface area contributed by atoms with Crippen LogP contribution in [0, 0.1) is 0 Å². The summed E-state index contributed by atoms with van der Waals surface area (Å²) in [5.74, 6) is 1.06. The Morgan fingerprint density at radius 3 is 2.70 bits per heavy atom. The van der Waals surface area contributed by atoms with Crippen molar-refractivity contribution < 1.29 is 9.53 Å². The van der Waals surface area contributed by atoms with E-state index in [1.807, 2.05) is 42.5 Å². The summed E-state index contributed by atoms with van der Waals surface area (Å²) in [6.45, 7) is 0. The minimum absolute atomic E-state index is 0.0273. The molecule has 0 saturated heterocycles. The lowest BCUT2D eigenvalue weighted by Crippen LogP contribution is -2.44. The van der Waals surface area contributed by atoms with Crippen molar-refractivity contribution in [3.63, 3.8) is 0 Å². The fourth-order valence-electron chi connectivity index (χ4n) is 4.78. The van der Waals surface area contributed by atoms with E-state index in [-0.39, 0.29) is 18.0 Å². The van der Waals surface area contributed by atoms with Crippen LogP contribution in [0.4, 0.5) is 10.5 Å². The van der Waals surface area contributed by atoms with Crippen molar-refractivity contribution in [2.75, 3.05) is 12.4 Å². The molecule has 4 aromatic rings. The topological polar surface area (TPSA) is 63.2 Å². The minimum Gasteiger partial charge on any atom is -0.497 e. The Kier molecular flexibility index (Phi) is 5.94. The minimum atomic E-state index is -0.202. The first-order valence-corrected chi connectivity index (χ1v) is 11.3. The van der Waals surface area contributed by atoms with Gasteiger partial charge in [-0.15, -0.1) is 0 Å². The van der Waals surface area contributed by atoms with Crippen LogP contribution >= 0.6 is 0 Å². The quantitative estimate of drug-likeness (QED) is 0.421. The number of methoxy groups -OCH3 is 1. The van der Waals surface area contributed by atoms with E-state index in [1.54, 1.807) is 13.3 Å². The number of carbonyl (C=O) groups is 1. The highest BCUT2D eigenvalue weighted by molar-refractivity contribution is 5.92. The molecule has 5 nitrogen and oxygen atoms in total. The first-order valence-electron chi connectivity index (χ1n) is 11.3. The maximum atomic E-state index is 13.0. The number of aryl methyl sites for hydroxylation is 1. The second-order valence-corrected chi connectivity index (χ2v) is 8.52. The van der Waals surface area contributed by atoms with E-state index in [9.17, 15) is 4.79 Å². The summed E-state index contributed by atoms with van der Waals surface area (Å²) in [5, 5.41) is 7.22. The van der Waals surface area contributed by atoms with Gasteiger partial charge in [0.25, 0.3) is 0 Å². The monoisotopic (exact) mass is 437 g/mol. The van der Waals surface area contributed by atoms with Crippen LogP contribution in [0.15, 0.2) is 85.1 Å². The Balaban J connectivity index is 1.37. The summed E-state index contributed by atoms with van der Waals surface area (Å²) in [7, 11) is 1.70. The summed E-state index contributed by atoms with van der Waals surface area (Å²) in [4.78, 5) is 17.4. The van der Waals surface area contributed by atoms with Gasteiger partial charge in [-0.05, 0) is 60.2 Å². The van der Waals surface area contributed by atoms with E-state index in [1.165, 1.54) is 16.7 Å². The van der Waals surface area contributed by atoms with Gasteiger partial charge < -0.3 is 15.4 Å². The third-order valence-electron chi connectivity index (χ3n) is 6.42. The Hall–Kier alpha value is -3.86. The molecule has 0 saturated carbocycles. The Bertz CT molecular complexity index is 1270. The van der Waals surface area contributed by atoms with E-state index in [0.29, 0.717) is 5.69 Å². The second-order valence-electron chi connectivity index (χ2n) is 8.52. The molecule has 1 aliphatic carbocycles. The third-order valence-corrected chi connectivity index (χ3v) is 6.42. The molecule has 166 valence electrons. The summed E-state index contributed by atoms with van der Waals surface area (Å²) in [6, 6.07) is 26.4. The first-order chi connectivity index (χ1) is 16.2. The van der Waals surface area contributed by atoms with Crippen LogP contribution in [0.3, 0.4) is 0 Å². The number of nitrogens with zero attached hydrogens (tertiary/aromatic N) is 1. The molecule has 2 atom stereocenters. The number of fused-ring (bicyclic) bond motifs is 2. The molecule has 33 heavy (non-hydrogen) atoms. The lowest BCUT2D eigenvalue weighted by molar-refractivity contribution is 0.244. The predicted molar refractivity (Wildman–Crippen MR) is 132 cm³/mol. The number of benzene rings is 3. The van der Waals surface area contributed by atoms with Crippen LogP contribution in [0.2, 0.25) is 0 Å². The maximum Gasteiger partial charge on any atom is 0.319 e. The maximum absolute atomic E-state index is 13.0. The molecule has 5 rings (SSSR count). The number of aromatic nitrogens is 1. The van der Waals surface area contributed by atoms with Crippen molar-refractivity contribution in [2.24, 2.45) is 0 Å². The standard InChI is InChI=1S/C28H27N3O2/c1-33-23-12-13-24-20(17-23)11-14-27(25(24)15-19-7-3-2-4-8-19)31-28(32)30-22-16-21-9-5-6-10-26(21)29-18-22/h2-10,12-13,16-18,25,27H,11,14-15H2,1H3,(H2,30,31,32). The highest BCUT2D eigenvalue weighted by atomic mass is 16.5. The lowest BCUT2D eigenvalue weighted by atomic mass is 9.76. The van der Waals surface area contributed by atoms with Crippen molar-refractivity contribution in [3.8, 4) is 5.75 Å². The summed E-state index contributed by atoms with van der Waals surface area (Å²) in [6.07, 6.45) is 4.34. The van der Waals surface area contributed by atoms with Gasteiger partial charge >= 0.3 is 6.03 Å². The van der Waals surface area contributed by atoms with Crippen LogP contribution < -0.4 is 15.4 Å². The van der Waals surface area contributed by atoms with Gasteiger partial charge in [0.2, 0.25) is 0 Å². The normalized spacial score (nSPS) is 17.2. The van der Waals surface area contributed by atoms with Gasteiger partial charge in [0.15, 0.2) is 0 Å². The number of hydrogen-bond donors (Lipinski definition) is 2. The number of para-hydroxylation sites is 1. The highest BCUT2D eigenvalue weighted by Gasteiger charge is 2.31. The number of pyridine rings is 1. The van der Waals surface area contributed by atoms with Crippen molar-refractivity contribution in [2.45, 2.75) is 31.2 Å². The molecule has 5 heteroatoms. The largest absolute Gasteiger partial charge is 0.497 e. The molecule has 2 N–H and O–H groups in total. The van der Waals surface area contributed by atoms with Gasteiger partial charge in [0.05, 0.1) is 24.5 Å². The van der Waals surface area contributed by atoms with Gasteiger partial charge in [0, 0.05) is 17.3 Å². The number of nitrogens with one attached hydrogen (secondary N) is 2. The summed E-state index contributed by atoms with van der Waals surface area (Å²) >= 11 is 0. The lowest BCUT2D eigenvalue weighted by Gasteiger charge is -2.34. The van der Waals surface area contributed by atoms with Crippen molar-refractivity contribution in [1.82, 2.24) is 10.3 Å². The van der Waals surface area contributed by atoms with E-state index < -0.39 is 0 Å². The molecule has 0 spiro atoms. The fourth-order valence-corrected chi connectivity index (χ4v) is 4.78. The molecule has 2 amide bonds. The number of hydrogen-bond acceptors (Lipinski definition) is 3. The molecule has 3 aromatic carbocycles. The zero-order chi connectivity index (χ0) is 22.6. The van der Waals surface area contributed by atoms with E-state index in [2.05, 4.69) is 52.0 Å². The van der Waals surface area contributed by atoms with Crippen LogP contribution in [0.1, 0.15) is 29.0 Å². The molecule has 1 heterocycles. The van der Waals surface area contributed by atoms with Crippen LogP contribution in [-0.2, 0) is 12.8 Å². The van der Waals surface area contributed by atoms with E-state index in [4.69, 9.17) is 4.74 Å². The smallest absolute Gasteiger partial charge is 0.319 e. The number of carbonyl (C=O) groups excluding carboxylic acids is 1. The molecule has 0 fully saturated rings. The Labute approximate surface area is 193 Å². The van der Waals surface area contributed by atoms with Gasteiger partial charge in [-0.2, -0.15) is 0 Å². The van der Waals surface area contributed by atoms with Crippen molar-refractivity contribution >= 4 is 22.6 Å². The number of anilines is 1. The average Bonchev–Trinajstić information content (AvgIpc) is 2.85. The molecule has 1 aromatic heterocycles. The van der Waals surface area contributed by atoms with E-state index >= 15 is 0 Å². The van der Waals surface area contributed by atoms with Crippen LogP contribution in [0.5, 0.6) is 5.75 Å². The zero-order valence-electron chi connectivity index (χ0n) is 18.6. The Morgan fingerprint density at radius 2 is 1.85 bits per heavy atom. The number of urea groups is 1. The molecule has 1 aliphatic rings. The number of amides is 2.